The van der Waals surface area contributed by atoms with Crippen LogP contribution in [0.5, 0.6) is 0 Å². The first-order valence-corrected chi connectivity index (χ1v) is 9.64. The average molecular weight is 469 g/mol. The fraction of sp³-hybridized carbons (Fsp3) is 0. The minimum atomic E-state index is -0.427. The summed E-state index contributed by atoms with van der Waals surface area (Å²) in [6.45, 7) is 0. The van der Waals surface area contributed by atoms with Gasteiger partial charge in [-0.15, -0.1) is 11.3 Å². The molecule has 3 aromatic rings. The van der Waals surface area contributed by atoms with Gasteiger partial charge in [0.05, 0.1) is 21.4 Å². The van der Waals surface area contributed by atoms with Crippen LogP contribution >= 0.6 is 50.5 Å². The fourth-order valence-corrected chi connectivity index (χ4v) is 3.51. The highest BCUT2D eigenvalue weighted by Gasteiger charge is 2.11. The maximum Gasteiger partial charge on any atom is 0.147 e. The van der Waals surface area contributed by atoms with E-state index in [0.717, 1.165) is 5.56 Å². The number of hydrogen-bond acceptors (Lipinski definition) is 4. The molecule has 2 aromatic carbocycles. The lowest BCUT2D eigenvalue weighted by Crippen LogP contribution is -1.94. The van der Waals surface area contributed by atoms with Gasteiger partial charge in [-0.05, 0) is 30.3 Å². The number of nitrogens with zero attached hydrogens (tertiary/aromatic N) is 2. The Morgan fingerprint density at radius 1 is 1.23 bits per heavy atom. The quantitative estimate of drug-likeness (QED) is 0.419. The van der Waals surface area contributed by atoms with Crippen LogP contribution in [0.15, 0.2) is 52.5 Å². The summed E-state index contributed by atoms with van der Waals surface area (Å²) >= 11 is 16.5. The number of anilines is 1. The van der Waals surface area contributed by atoms with Crippen molar-refractivity contribution >= 4 is 61.7 Å². The van der Waals surface area contributed by atoms with E-state index in [2.05, 4.69) is 32.3 Å². The van der Waals surface area contributed by atoms with Crippen LogP contribution in [0.4, 0.5) is 10.1 Å². The number of allylic oxidation sites excluding steroid dienone is 1. The summed E-state index contributed by atoms with van der Waals surface area (Å²) < 4.78 is 14.5. The molecule has 0 atom stereocenters. The van der Waals surface area contributed by atoms with Crippen molar-refractivity contribution in [1.29, 1.82) is 5.26 Å². The molecule has 130 valence electrons. The molecule has 0 spiro atoms. The van der Waals surface area contributed by atoms with E-state index in [0.29, 0.717) is 30.8 Å². The minimum Gasteiger partial charge on any atom is -0.358 e. The SMILES string of the molecule is N#C/C(=C\Nc1ccc(Br)cc1F)c1nc(-c2ccc(Cl)c(Cl)c2)cs1. The third kappa shape index (κ3) is 4.25. The average Bonchev–Trinajstić information content (AvgIpc) is 3.09. The van der Waals surface area contributed by atoms with Crippen LogP contribution < -0.4 is 5.32 Å². The van der Waals surface area contributed by atoms with Crippen LogP contribution in [-0.2, 0) is 0 Å². The highest BCUT2D eigenvalue weighted by molar-refractivity contribution is 9.10. The number of halogens is 4. The molecule has 0 saturated carbocycles. The van der Waals surface area contributed by atoms with E-state index in [9.17, 15) is 9.65 Å². The molecule has 8 heteroatoms. The molecule has 1 heterocycles. The maximum absolute atomic E-state index is 13.9. The first kappa shape index (κ1) is 18.9. The molecule has 0 bridgehead atoms. The van der Waals surface area contributed by atoms with E-state index in [4.69, 9.17) is 23.2 Å². The van der Waals surface area contributed by atoms with Crippen molar-refractivity contribution in [3.05, 3.63) is 73.3 Å². The van der Waals surface area contributed by atoms with Crippen LogP contribution in [-0.4, -0.2) is 4.98 Å². The molecule has 0 saturated heterocycles. The van der Waals surface area contributed by atoms with Gasteiger partial charge in [-0.1, -0.05) is 45.2 Å². The van der Waals surface area contributed by atoms with Gasteiger partial charge in [0.2, 0.25) is 0 Å². The zero-order chi connectivity index (χ0) is 18.7. The molecular formula is C18H9BrCl2FN3S. The molecule has 0 amide bonds. The van der Waals surface area contributed by atoms with E-state index in [1.807, 2.05) is 5.38 Å². The molecule has 26 heavy (non-hydrogen) atoms. The van der Waals surface area contributed by atoms with E-state index in [-0.39, 0.29) is 5.69 Å². The van der Waals surface area contributed by atoms with Crippen molar-refractivity contribution in [1.82, 2.24) is 4.98 Å². The van der Waals surface area contributed by atoms with Gasteiger partial charge in [-0.2, -0.15) is 5.26 Å². The lowest BCUT2D eigenvalue weighted by molar-refractivity contribution is 0.631. The van der Waals surface area contributed by atoms with Gasteiger partial charge in [-0.3, -0.25) is 0 Å². The molecule has 0 aliphatic rings. The van der Waals surface area contributed by atoms with Gasteiger partial charge in [0.15, 0.2) is 0 Å². The Kier molecular flexibility index (Phi) is 5.94. The van der Waals surface area contributed by atoms with Gasteiger partial charge in [-0.25, -0.2) is 9.37 Å². The van der Waals surface area contributed by atoms with E-state index >= 15 is 0 Å². The third-order valence-corrected chi connectivity index (χ3v) is 5.48. The smallest absolute Gasteiger partial charge is 0.147 e. The predicted molar refractivity (Wildman–Crippen MR) is 109 cm³/mol. The van der Waals surface area contributed by atoms with Crippen molar-refractivity contribution in [2.45, 2.75) is 0 Å². The molecule has 3 nitrogen and oxygen atoms in total. The molecule has 0 aliphatic heterocycles. The molecule has 0 radical (unpaired) electrons. The Bertz CT molecular complexity index is 1040. The molecule has 1 N–H and O–H groups in total. The Balaban J connectivity index is 1.86. The summed E-state index contributed by atoms with van der Waals surface area (Å²) in [4.78, 5) is 4.46. The Morgan fingerprint density at radius 2 is 2.04 bits per heavy atom. The topological polar surface area (TPSA) is 48.7 Å². The summed E-state index contributed by atoms with van der Waals surface area (Å²) in [5.41, 5.74) is 2.04. The molecule has 0 unspecified atom stereocenters. The molecule has 0 aliphatic carbocycles. The summed E-state index contributed by atoms with van der Waals surface area (Å²) in [6, 6.07) is 11.9. The van der Waals surface area contributed by atoms with Crippen molar-refractivity contribution in [3.63, 3.8) is 0 Å². The number of nitrogens with one attached hydrogen (secondary N) is 1. The summed E-state index contributed by atoms with van der Waals surface area (Å²) in [5, 5.41) is 15.4. The summed E-state index contributed by atoms with van der Waals surface area (Å²) in [6.07, 6.45) is 1.43. The van der Waals surface area contributed by atoms with Crippen molar-refractivity contribution in [2.24, 2.45) is 0 Å². The number of rotatable bonds is 4. The van der Waals surface area contributed by atoms with Gasteiger partial charge in [0.1, 0.15) is 22.5 Å². The van der Waals surface area contributed by atoms with Gasteiger partial charge in [0, 0.05) is 21.6 Å². The highest BCUT2D eigenvalue weighted by atomic mass is 79.9. The van der Waals surface area contributed by atoms with Gasteiger partial charge in [0.25, 0.3) is 0 Å². The normalized spacial score (nSPS) is 11.3. The van der Waals surface area contributed by atoms with Gasteiger partial charge >= 0.3 is 0 Å². The lowest BCUT2D eigenvalue weighted by Gasteiger charge is -2.03. The van der Waals surface area contributed by atoms with E-state index in [1.54, 1.807) is 30.3 Å². The largest absolute Gasteiger partial charge is 0.358 e. The van der Waals surface area contributed by atoms with Crippen LogP contribution in [0.25, 0.3) is 16.8 Å². The monoisotopic (exact) mass is 467 g/mol. The summed E-state index contributed by atoms with van der Waals surface area (Å²) in [5.74, 6) is -0.427. The zero-order valence-corrected chi connectivity index (χ0v) is 16.8. The Hall–Kier alpha value is -1.91. The highest BCUT2D eigenvalue weighted by Crippen LogP contribution is 2.31. The minimum absolute atomic E-state index is 0.266. The Labute approximate surface area is 171 Å². The van der Waals surface area contributed by atoms with Crippen molar-refractivity contribution in [3.8, 4) is 17.3 Å². The van der Waals surface area contributed by atoms with Crippen LogP contribution in [0.2, 0.25) is 10.0 Å². The first-order chi connectivity index (χ1) is 12.5. The van der Waals surface area contributed by atoms with Crippen LogP contribution in [0.1, 0.15) is 5.01 Å². The lowest BCUT2D eigenvalue weighted by atomic mass is 10.2. The van der Waals surface area contributed by atoms with E-state index in [1.165, 1.54) is 23.6 Å². The predicted octanol–water partition coefficient (Wildman–Crippen LogP) is 7.00. The second-order valence-corrected chi connectivity index (χ2v) is 7.69. The molecule has 1 aromatic heterocycles. The van der Waals surface area contributed by atoms with Crippen molar-refractivity contribution in [2.75, 3.05) is 5.32 Å². The van der Waals surface area contributed by atoms with Crippen molar-refractivity contribution < 1.29 is 4.39 Å². The summed E-state index contributed by atoms with van der Waals surface area (Å²) in [7, 11) is 0. The molecular weight excluding hydrogens is 460 g/mol. The van der Waals surface area contributed by atoms with Crippen LogP contribution in [0, 0.1) is 17.1 Å². The second-order valence-electron chi connectivity index (χ2n) is 5.11. The standard InChI is InChI=1S/C18H9BrCl2FN3S/c19-12-2-4-16(15(22)6-12)24-8-11(7-23)18-25-17(9-26-18)10-1-3-13(20)14(21)5-10/h1-6,8-9,24H/b11-8+. The second kappa shape index (κ2) is 8.19. The van der Waals surface area contributed by atoms with Crippen LogP contribution in [0.3, 0.4) is 0 Å². The Morgan fingerprint density at radius 3 is 2.73 bits per heavy atom. The maximum atomic E-state index is 13.9. The number of aromatic nitrogens is 1. The number of benzene rings is 2. The van der Waals surface area contributed by atoms with Gasteiger partial charge < -0.3 is 5.32 Å². The number of hydrogen-bond donors (Lipinski definition) is 1. The fourth-order valence-electron chi connectivity index (χ4n) is 2.08. The number of thiazole rings is 1. The number of nitriles is 1. The first-order valence-electron chi connectivity index (χ1n) is 7.21. The molecule has 0 fully saturated rings. The zero-order valence-electron chi connectivity index (χ0n) is 12.9. The third-order valence-electron chi connectivity index (χ3n) is 3.37. The van der Waals surface area contributed by atoms with E-state index < -0.39 is 5.82 Å². The molecule has 3 rings (SSSR count).